The van der Waals surface area contributed by atoms with E-state index in [-0.39, 0.29) is 12.4 Å². The summed E-state index contributed by atoms with van der Waals surface area (Å²) in [5.74, 6) is -0.230. The lowest BCUT2D eigenvalue weighted by molar-refractivity contribution is -0.153. The molecule has 0 fully saturated rings. The van der Waals surface area contributed by atoms with Gasteiger partial charge in [0.25, 0.3) is 0 Å². The molecule has 0 aliphatic rings. The van der Waals surface area contributed by atoms with Crippen LogP contribution in [-0.2, 0) is 16.0 Å². The van der Waals surface area contributed by atoms with E-state index in [4.69, 9.17) is 4.74 Å². The molecule has 2 aromatic heterocycles. The van der Waals surface area contributed by atoms with Crippen LogP contribution in [0.3, 0.4) is 0 Å². The first-order valence-electron chi connectivity index (χ1n) is 6.00. The van der Waals surface area contributed by atoms with E-state index in [2.05, 4.69) is 9.97 Å². The summed E-state index contributed by atoms with van der Waals surface area (Å²) in [5, 5.41) is 1.05. The number of carbonyl (C=O) groups is 1. The summed E-state index contributed by atoms with van der Waals surface area (Å²) in [5.41, 5.74) is 2.35. The second kappa shape index (κ2) is 4.48. The number of aromatic amines is 1. The number of carbonyl (C=O) groups excluding carboxylic acids is 1. The van der Waals surface area contributed by atoms with Crippen molar-refractivity contribution < 1.29 is 9.53 Å². The highest BCUT2D eigenvalue weighted by Crippen LogP contribution is 2.13. The minimum absolute atomic E-state index is 0.230. The third-order valence-electron chi connectivity index (χ3n) is 2.56. The largest absolute Gasteiger partial charge is 0.460 e. The number of fused-ring (bicyclic) bond motifs is 1. The van der Waals surface area contributed by atoms with E-state index in [1.165, 1.54) is 0 Å². The third kappa shape index (κ3) is 2.91. The lowest BCUT2D eigenvalue weighted by Crippen LogP contribution is -2.24. The van der Waals surface area contributed by atoms with Crippen molar-refractivity contribution in [3.05, 3.63) is 24.0 Å². The maximum atomic E-state index is 11.7. The highest BCUT2D eigenvalue weighted by molar-refractivity contribution is 6.38. The maximum absolute atomic E-state index is 11.7. The smallest absolute Gasteiger partial charge is 0.312 e. The summed E-state index contributed by atoms with van der Waals surface area (Å²) in [6.07, 6.45) is 2.00. The minimum Gasteiger partial charge on any atom is -0.460 e. The Kier molecular flexibility index (Phi) is 3.15. The predicted molar refractivity (Wildman–Crippen MR) is 73.8 cm³/mol. The Balaban J connectivity index is 2.18. The van der Waals surface area contributed by atoms with Crippen molar-refractivity contribution in [2.24, 2.45) is 0 Å². The highest BCUT2D eigenvalue weighted by atomic mass is 16.6. The second-order valence-electron chi connectivity index (χ2n) is 5.45. The summed E-state index contributed by atoms with van der Waals surface area (Å²) in [6, 6.07) is 3.91. The highest BCUT2D eigenvalue weighted by Gasteiger charge is 2.17. The van der Waals surface area contributed by atoms with Gasteiger partial charge in [0.1, 0.15) is 19.1 Å². The van der Waals surface area contributed by atoms with E-state index in [0.29, 0.717) is 0 Å². The van der Waals surface area contributed by atoms with Crippen molar-refractivity contribution in [3.63, 3.8) is 0 Å². The molecule has 0 radical (unpaired) electrons. The molecular weight excluding hydrogens is 227 g/mol. The van der Waals surface area contributed by atoms with E-state index in [0.717, 1.165) is 22.2 Å². The molecule has 94 valence electrons. The molecule has 0 aliphatic heterocycles. The van der Waals surface area contributed by atoms with Crippen LogP contribution in [-0.4, -0.2) is 29.4 Å². The number of H-pyrrole nitrogens is 1. The SMILES string of the molecule is Bc1ccnc2[nH]c(CC(=O)OC(C)(C)C)cc12. The number of aromatic nitrogens is 2. The summed E-state index contributed by atoms with van der Waals surface area (Å²) in [4.78, 5) is 19.1. The molecule has 18 heavy (non-hydrogen) atoms. The number of esters is 1. The van der Waals surface area contributed by atoms with Gasteiger partial charge < -0.3 is 9.72 Å². The van der Waals surface area contributed by atoms with E-state index in [9.17, 15) is 4.79 Å². The lowest BCUT2D eigenvalue weighted by Gasteiger charge is -2.19. The van der Waals surface area contributed by atoms with Crippen molar-refractivity contribution in [1.29, 1.82) is 0 Å². The van der Waals surface area contributed by atoms with E-state index in [1.807, 2.05) is 40.8 Å². The van der Waals surface area contributed by atoms with E-state index in [1.54, 1.807) is 6.20 Å². The van der Waals surface area contributed by atoms with Gasteiger partial charge in [0.2, 0.25) is 0 Å². The number of pyridine rings is 1. The Bertz CT molecular complexity index is 584. The molecule has 5 heteroatoms. The Morgan fingerprint density at radius 1 is 1.50 bits per heavy atom. The molecule has 0 bridgehead atoms. The van der Waals surface area contributed by atoms with Gasteiger partial charge in [-0.2, -0.15) is 0 Å². The summed E-state index contributed by atoms with van der Waals surface area (Å²) < 4.78 is 5.29. The fraction of sp³-hybridized carbons (Fsp3) is 0.385. The zero-order chi connectivity index (χ0) is 13.3. The van der Waals surface area contributed by atoms with E-state index < -0.39 is 5.60 Å². The average molecular weight is 244 g/mol. The molecule has 0 amide bonds. The monoisotopic (exact) mass is 244 g/mol. The molecule has 2 heterocycles. The van der Waals surface area contributed by atoms with Gasteiger partial charge in [0.15, 0.2) is 0 Å². The number of nitrogens with one attached hydrogen (secondary N) is 1. The van der Waals surface area contributed by atoms with Crippen molar-refractivity contribution in [2.75, 3.05) is 0 Å². The molecule has 0 spiro atoms. The molecular formula is C13H17BN2O2. The Morgan fingerprint density at radius 3 is 2.83 bits per heavy atom. The van der Waals surface area contributed by atoms with Crippen LogP contribution in [0.5, 0.6) is 0 Å². The standard InChI is InChI=1S/C13H17BN2O2/c1-13(2,3)18-11(17)7-8-6-9-10(14)4-5-15-12(9)16-8/h4-6H,7,14H2,1-3H3,(H,15,16). The van der Waals surface area contributed by atoms with Gasteiger partial charge in [0, 0.05) is 17.3 Å². The fourth-order valence-corrected chi connectivity index (χ4v) is 1.84. The van der Waals surface area contributed by atoms with Gasteiger partial charge in [-0.05, 0) is 32.9 Å². The number of hydrogen-bond donors (Lipinski definition) is 1. The minimum atomic E-state index is -0.447. The van der Waals surface area contributed by atoms with Crippen LogP contribution in [0.2, 0.25) is 0 Å². The van der Waals surface area contributed by atoms with Crippen LogP contribution in [0.25, 0.3) is 11.0 Å². The van der Waals surface area contributed by atoms with E-state index >= 15 is 0 Å². The molecule has 0 unspecified atom stereocenters. The molecule has 2 aromatic rings. The molecule has 2 rings (SSSR count). The molecule has 0 aliphatic carbocycles. The van der Waals surface area contributed by atoms with Gasteiger partial charge in [-0.1, -0.05) is 5.46 Å². The normalized spacial score (nSPS) is 11.7. The van der Waals surface area contributed by atoms with Crippen molar-refractivity contribution >= 4 is 30.3 Å². The molecule has 0 atom stereocenters. The van der Waals surface area contributed by atoms with Crippen LogP contribution in [0.4, 0.5) is 0 Å². The van der Waals surface area contributed by atoms with Gasteiger partial charge in [-0.15, -0.1) is 0 Å². The average Bonchev–Trinajstić information content (AvgIpc) is 2.58. The van der Waals surface area contributed by atoms with Crippen LogP contribution in [0, 0.1) is 0 Å². The van der Waals surface area contributed by atoms with Crippen LogP contribution >= 0.6 is 0 Å². The molecule has 0 saturated heterocycles. The van der Waals surface area contributed by atoms with Crippen LogP contribution < -0.4 is 5.46 Å². The quantitative estimate of drug-likeness (QED) is 0.625. The Labute approximate surface area is 107 Å². The zero-order valence-electron chi connectivity index (χ0n) is 11.2. The summed E-state index contributed by atoms with van der Waals surface area (Å²) in [6.45, 7) is 5.59. The van der Waals surface area contributed by atoms with Gasteiger partial charge in [-0.25, -0.2) is 4.98 Å². The molecule has 0 saturated carbocycles. The number of nitrogens with zero attached hydrogens (tertiary/aromatic N) is 1. The first-order chi connectivity index (χ1) is 8.35. The lowest BCUT2D eigenvalue weighted by atomic mass is 9.94. The zero-order valence-corrected chi connectivity index (χ0v) is 11.2. The molecule has 1 N–H and O–H groups in total. The molecule has 4 nitrogen and oxygen atoms in total. The van der Waals surface area contributed by atoms with Crippen LogP contribution in [0.1, 0.15) is 26.5 Å². The fourth-order valence-electron chi connectivity index (χ4n) is 1.84. The van der Waals surface area contributed by atoms with Crippen molar-refractivity contribution in [3.8, 4) is 0 Å². The first kappa shape index (κ1) is 12.7. The summed E-state index contributed by atoms with van der Waals surface area (Å²) in [7, 11) is 2.02. The van der Waals surface area contributed by atoms with Gasteiger partial charge in [-0.3, -0.25) is 4.79 Å². The number of ether oxygens (including phenoxy) is 1. The topological polar surface area (TPSA) is 55.0 Å². The van der Waals surface area contributed by atoms with Crippen LogP contribution in [0.15, 0.2) is 18.3 Å². The van der Waals surface area contributed by atoms with Crippen molar-refractivity contribution in [1.82, 2.24) is 9.97 Å². The molecule has 0 aromatic carbocycles. The second-order valence-corrected chi connectivity index (χ2v) is 5.45. The maximum Gasteiger partial charge on any atom is 0.312 e. The predicted octanol–water partition coefficient (Wildman–Crippen LogP) is 0.705. The van der Waals surface area contributed by atoms with Crippen molar-refractivity contribution in [2.45, 2.75) is 32.8 Å². The van der Waals surface area contributed by atoms with Gasteiger partial charge >= 0.3 is 5.97 Å². The Hall–Kier alpha value is -1.78. The summed E-state index contributed by atoms with van der Waals surface area (Å²) >= 11 is 0. The first-order valence-corrected chi connectivity index (χ1v) is 6.00. The van der Waals surface area contributed by atoms with Gasteiger partial charge in [0.05, 0.1) is 6.42 Å². The Morgan fingerprint density at radius 2 is 2.22 bits per heavy atom. The third-order valence-corrected chi connectivity index (χ3v) is 2.56. The number of hydrogen-bond acceptors (Lipinski definition) is 3. The number of rotatable bonds is 2.